The predicted molar refractivity (Wildman–Crippen MR) is 172 cm³/mol. The van der Waals surface area contributed by atoms with Gasteiger partial charge in [-0.15, -0.1) is 21.5 Å². The third-order valence-electron chi connectivity index (χ3n) is 7.73. The van der Waals surface area contributed by atoms with Gasteiger partial charge in [-0.2, -0.15) is 0 Å². The van der Waals surface area contributed by atoms with E-state index in [4.69, 9.17) is 13.9 Å². The smallest absolute Gasteiger partial charge is 0.341 e. The van der Waals surface area contributed by atoms with E-state index < -0.39 is 11.9 Å². The first-order valence-electron chi connectivity index (χ1n) is 14.7. The highest BCUT2D eigenvalue weighted by atomic mass is 32.2. The standard InChI is InChI=1S/C32H37N5O6S2/c1-6-42-30(40)27-20-14-13-19(32(2,3)4)16-24(20)45-29(27)34-26(38)18-44-31-36-35-25(17-33-28(39)23-12-9-15-43-23)37(31)21-10-7-8-11-22(21)41-5/h7-12,15,19H,6,13-14,16-18H2,1-5H3,(H,33,39)(H,34,38). The molecule has 2 amide bonds. The Labute approximate surface area is 270 Å². The first kappa shape index (κ1) is 32.3. The van der Waals surface area contributed by atoms with Crippen molar-refractivity contribution < 1.29 is 28.3 Å². The molecule has 1 unspecified atom stereocenters. The number of nitrogens with zero attached hydrogens (tertiary/aromatic N) is 3. The van der Waals surface area contributed by atoms with Gasteiger partial charge in [-0.1, -0.05) is 44.7 Å². The van der Waals surface area contributed by atoms with Crippen LogP contribution in [-0.4, -0.2) is 52.0 Å². The minimum atomic E-state index is -0.413. The molecule has 0 fully saturated rings. The van der Waals surface area contributed by atoms with Crippen molar-refractivity contribution in [3.05, 3.63) is 70.3 Å². The summed E-state index contributed by atoms with van der Waals surface area (Å²) >= 11 is 2.65. The molecule has 11 nitrogen and oxygen atoms in total. The number of methoxy groups -OCH3 is 1. The van der Waals surface area contributed by atoms with Gasteiger partial charge in [0.05, 0.1) is 43.5 Å². The number of thioether (sulfide) groups is 1. The quantitative estimate of drug-likeness (QED) is 0.150. The molecule has 4 aromatic rings. The summed E-state index contributed by atoms with van der Waals surface area (Å²) in [6, 6.07) is 10.6. The fourth-order valence-corrected chi connectivity index (χ4v) is 7.44. The van der Waals surface area contributed by atoms with E-state index in [1.807, 2.05) is 18.2 Å². The fourth-order valence-electron chi connectivity index (χ4n) is 5.34. The van der Waals surface area contributed by atoms with Crippen LogP contribution in [-0.2, 0) is 28.9 Å². The minimum Gasteiger partial charge on any atom is -0.495 e. The van der Waals surface area contributed by atoms with Crippen LogP contribution in [0.15, 0.2) is 52.2 Å². The Balaban J connectivity index is 1.36. The van der Waals surface area contributed by atoms with Crippen molar-refractivity contribution in [3.8, 4) is 11.4 Å². The Morgan fingerprint density at radius 3 is 2.67 bits per heavy atom. The Morgan fingerprint density at radius 1 is 1.16 bits per heavy atom. The number of esters is 1. The van der Waals surface area contributed by atoms with Crippen LogP contribution in [0.3, 0.4) is 0 Å². The van der Waals surface area contributed by atoms with E-state index in [0.29, 0.717) is 38.9 Å². The number of aromatic nitrogens is 3. The third kappa shape index (κ3) is 7.25. The average Bonchev–Trinajstić information content (AvgIpc) is 3.77. The summed E-state index contributed by atoms with van der Waals surface area (Å²) in [6.07, 6.45) is 4.04. The number of hydrogen-bond donors (Lipinski definition) is 2. The molecule has 3 heterocycles. The molecule has 5 rings (SSSR count). The van der Waals surface area contributed by atoms with Crippen LogP contribution >= 0.6 is 23.1 Å². The van der Waals surface area contributed by atoms with Crippen molar-refractivity contribution in [2.75, 3.05) is 24.8 Å². The second-order valence-electron chi connectivity index (χ2n) is 11.6. The minimum absolute atomic E-state index is 0.00147. The highest BCUT2D eigenvalue weighted by Gasteiger charge is 2.34. The summed E-state index contributed by atoms with van der Waals surface area (Å²) in [7, 11) is 1.56. The molecule has 1 aliphatic rings. The number of rotatable bonds is 11. The number of fused-ring (bicyclic) bond motifs is 1. The van der Waals surface area contributed by atoms with Gasteiger partial charge >= 0.3 is 5.97 Å². The number of carbonyl (C=O) groups excluding carboxylic acids is 3. The number of benzene rings is 1. The summed E-state index contributed by atoms with van der Waals surface area (Å²) < 4.78 is 17.9. The van der Waals surface area contributed by atoms with Gasteiger partial charge in [0.2, 0.25) is 5.91 Å². The van der Waals surface area contributed by atoms with Gasteiger partial charge in [-0.25, -0.2) is 4.79 Å². The number of hydrogen-bond acceptors (Lipinski definition) is 10. The summed E-state index contributed by atoms with van der Waals surface area (Å²) in [5, 5.41) is 15.4. The normalized spacial score (nSPS) is 14.5. The van der Waals surface area contributed by atoms with E-state index in [1.54, 1.807) is 36.8 Å². The van der Waals surface area contributed by atoms with Crippen molar-refractivity contribution in [1.82, 2.24) is 20.1 Å². The molecule has 0 aliphatic heterocycles. The number of anilines is 1. The van der Waals surface area contributed by atoms with Gasteiger partial charge in [0, 0.05) is 4.88 Å². The lowest BCUT2D eigenvalue weighted by atomic mass is 9.72. The average molecular weight is 652 g/mol. The maximum absolute atomic E-state index is 13.4. The molecule has 1 aromatic carbocycles. The number of ether oxygens (including phenoxy) is 2. The Kier molecular flexibility index (Phi) is 9.98. The Bertz CT molecular complexity index is 1670. The number of furan rings is 1. The van der Waals surface area contributed by atoms with E-state index in [-0.39, 0.29) is 36.0 Å². The molecule has 0 bridgehead atoms. The second kappa shape index (κ2) is 13.9. The van der Waals surface area contributed by atoms with Crippen molar-refractivity contribution in [1.29, 1.82) is 0 Å². The molecule has 45 heavy (non-hydrogen) atoms. The van der Waals surface area contributed by atoms with Crippen molar-refractivity contribution in [3.63, 3.8) is 0 Å². The van der Waals surface area contributed by atoms with E-state index in [2.05, 4.69) is 41.6 Å². The van der Waals surface area contributed by atoms with Crippen molar-refractivity contribution >= 4 is 45.9 Å². The van der Waals surface area contributed by atoms with Crippen molar-refractivity contribution in [2.24, 2.45) is 11.3 Å². The van der Waals surface area contributed by atoms with E-state index in [0.717, 1.165) is 29.7 Å². The molecule has 0 saturated heterocycles. The van der Waals surface area contributed by atoms with Gasteiger partial charge in [-0.3, -0.25) is 14.2 Å². The third-order valence-corrected chi connectivity index (χ3v) is 9.83. The van der Waals surface area contributed by atoms with Gasteiger partial charge in [-0.05, 0) is 67.3 Å². The monoisotopic (exact) mass is 651 g/mol. The van der Waals surface area contributed by atoms with Crippen LogP contribution in [0.1, 0.15) is 71.3 Å². The lowest BCUT2D eigenvalue weighted by Gasteiger charge is -2.33. The number of para-hydroxylation sites is 2. The molecular formula is C32H37N5O6S2. The zero-order valence-electron chi connectivity index (χ0n) is 26.0. The molecule has 0 spiro atoms. The molecule has 3 aromatic heterocycles. The van der Waals surface area contributed by atoms with Crippen LogP contribution in [0, 0.1) is 11.3 Å². The summed E-state index contributed by atoms with van der Waals surface area (Å²) in [5.41, 5.74) is 2.25. The van der Waals surface area contributed by atoms with Crippen LogP contribution in [0.5, 0.6) is 5.75 Å². The molecular weight excluding hydrogens is 615 g/mol. The lowest BCUT2D eigenvalue weighted by molar-refractivity contribution is -0.113. The lowest BCUT2D eigenvalue weighted by Crippen LogP contribution is -2.26. The Hall–Kier alpha value is -4.10. The predicted octanol–water partition coefficient (Wildman–Crippen LogP) is 5.92. The van der Waals surface area contributed by atoms with Crippen LogP contribution in [0.25, 0.3) is 5.69 Å². The van der Waals surface area contributed by atoms with Crippen LogP contribution in [0.4, 0.5) is 5.00 Å². The molecule has 0 radical (unpaired) electrons. The zero-order valence-corrected chi connectivity index (χ0v) is 27.6. The molecule has 1 atom stereocenters. The highest BCUT2D eigenvalue weighted by Crippen LogP contribution is 2.44. The molecule has 1 aliphatic carbocycles. The number of nitrogens with one attached hydrogen (secondary N) is 2. The topological polar surface area (TPSA) is 138 Å². The SMILES string of the molecule is CCOC(=O)c1c(NC(=O)CSc2nnc(CNC(=O)c3ccco3)n2-c2ccccc2OC)sc2c1CCC(C(C)(C)C)C2. The maximum atomic E-state index is 13.4. The second-order valence-corrected chi connectivity index (χ2v) is 13.7. The zero-order chi connectivity index (χ0) is 32.1. The Morgan fingerprint density at radius 2 is 1.96 bits per heavy atom. The summed E-state index contributed by atoms with van der Waals surface area (Å²) in [4.78, 5) is 40.1. The molecule has 13 heteroatoms. The first-order valence-corrected chi connectivity index (χ1v) is 16.5. The van der Waals surface area contributed by atoms with Gasteiger partial charge in [0.25, 0.3) is 5.91 Å². The number of carbonyl (C=O) groups is 3. The van der Waals surface area contributed by atoms with E-state index in [1.165, 1.54) is 29.4 Å². The van der Waals surface area contributed by atoms with E-state index in [9.17, 15) is 14.4 Å². The molecule has 238 valence electrons. The first-order chi connectivity index (χ1) is 21.6. The van der Waals surface area contributed by atoms with E-state index >= 15 is 0 Å². The van der Waals surface area contributed by atoms with Crippen LogP contribution in [0.2, 0.25) is 0 Å². The van der Waals surface area contributed by atoms with Gasteiger partial charge in [0.15, 0.2) is 16.7 Å². The van der Waals surface area contributed by atoms with Gasteiger partial charge < -0.3 is 24.5 Å². The largest absolute Gasteiger partial charge is 0.495 e. The maximum Gasteiger partial charge on any atom is 0.341 e. The van der Waals surface area contributed by atoms with Crippen LogP contribution < -0.4 is 15.4 Å². The highest BCUT2D eigenvalue weighted by molar-refractivity contribution is 7.99. The molecule has 0 saturated carbocycles. The summed E-state index contributed by atoms with van der Waals surface area (Å²) in [6.45, 7) is 8.80. The number of amides is 2. The van der Waals surface area contributed by atoms with Gasteiger partial charge in [0.1, 0.15) is 10.8 Å². The summed E-state index contributed by atoms with van der Waals surface area (Å²) in [5.74, 6) is 0.566. The fraction of sp³-hybridized carbons (Fsp3) is 0.406. The molecule has 2 N–H and O–H groups in total. The van der Waals surface area contributed by atoms with Crippen molar-refractivity contribution in [2.45, 2.75) is 58.7 Å². The number of thiophene rings is 1.